The van der Waals surface area contributed by atoms with Crippen molar-refractivity contribution in [3.05, 3.63) is 35.4 Å². The number of halogens is 2. The number of carboxylic acid groups (broad SMARTS) is 1. The first-order chi connectivity index (χ1) is 9.72. The lowest BCUT2D eigenvalue weighted by Gasteiger charge is -2.19. The number of benzene rings is 1. The van der Waals surface area contributed by atoms with Crippen molar-refractivity contribution in [3.63, 3.8) is 0 Å². The van der Waals surface area contributed by atoms with E-state index in [0.29, 0.717) is 12.0 Å². The fourth-order valence-electron chi connectivity index (χ4n) is 2.11. The Morgan fingerprint density at radius 2 is 2.00 bits per heavy atom. The summed E-state index contributed by atoms with van der Waals surface area (Å²) in [6.45, 7) is 3.08. The van der Waals surface area contributed by atoms with Crippen LogP contribution < -0.4 is 5.32 Å². The summed E-state index contributed by atoms with van der Waals surface area (Å²) in [6, 6.07) is 3.62. The van der Waals surface area contributed by atoms with Crippen molar-refractivity contribution in [2.75, 3.05) is 6.54 Å². The minimum atomic E-state index is -1.04. The first-order valence-corrected chi connectivity index (χ1v) is 6.68. The molecule has 0 spiro atoms. The van der Waals surface area contributed by atoms with E-state index in [1.165, 1.54) is 19.9 Å². The average molecular weight is 297 g/mol. The van der Waals surface area contributed by atoms with Gasteiger partial charge in [0.2, 0.25) is 5.91 Å². The van der Waals surface area contributed by atoms with Gasteiger partial charge in [-0.2, -0.15) is 0 Å². The Balaban J connectivity index is 1.92. The van der Waals surface area contributed by atoms with Crippen LogP contribution in [0.3, 0.4) is 0 Å². The third-order valence-corrected chi connectivity index (χ3v) is 3.78. The minimum Gasteiger partial charge on any atom is -0.481 e. The number of hydrogen-bond acceptors (Lipinski definition) is 2. The zero-order chi connectivity index (χ0) is 15.8. The molecule has 2 N–H and O–H groups in total. The maximum atomic E-state index is 13.1. The van der Waals surface area contributed by atoms with Crippen molar-refractivity contribution < 1.29 is 23.5 Å². The van der Waals surface area contributed by atoms with E-state index in [1.807, 2.05) is 0 Å². The average Bonchev–Trinajstić information content (AvgIpc) is 3.19. The molecule has 1 aromatic rings. The van der Waals surface area contributed by atoms with Gasteiger partial charge in [0, 0.05) is 12.5 Å². The second-order valence-corrected chi connectivity index (χ2v) is 6.03. The lowest BCUT2D eigenvalue weighted by Crippen LogP contribution is -2.39. The molecule has 1 saturated carbocycles. The fraction of sp³-hybridized carbons (Fsp3) is 0.467. The molecule has 1 aliphatic carbocycles. The van der Waals surface area contributed by atoms with Crippen molar-refractivity contribution in [2.45, 2.75) is 26.2 Å². The van der Waals surface area contributed by atoms with Crippen LogP contribution in [0.15, 0.2) is 18.2 Å². The smallest absolute Gasteiger partial charge is 0.310 e. The van der Waals surface area contributed by atoms with Gasteiger partial charge in [0.25, 0.3) is 0 Å². The predicted octanol–water partition coefficient (Wildman–Crippen LogP) is 2.30. The summed E-state index contributed by atoms with van der Waals surface area (Å²) in [5.41, 5.74) is -0.450. The van der Waals surface area contributed by atoms with E-state index in [4.69, 9.17) is 5.11 Å². The van der Waals surface area contributed by atoms with Gasteiger partial charge < -0.3 is 10.4 Å². The number of amides is 1. The van der Waals surface area contributed by atoms with E-state index in [1.54, 1.807) is 0 Å². The van der Waals surface area contributed by atoms with E-state index in [0.717, 1.165) is 12.1 Å². The van der Waals surface area contributed by atoms with Gasteiger partial charge in [-0.15, -0.1) is 0 Å². The Morgan fingerprint density at radius 3 is 2.57 bits per heavy atom. The normalized spacial score (nSPS) is 21.0. The Hall–Kier alpha value is -1.98. The van der Waals surface area contributed by atoms with Crippen LogP contribution in [-0.2, 0) is 9.59 Å². The van der Waals surface area contributed by atoms with Gasteiger partial charge >= 0.3 is 5.97 Å². The van der Waals surface area contributed by atoms with Crippen molar-refractivity contribution >= 4 is 11.9 Å². The van der Waals surface area contributed by atoms with Crippen LogP contribution >= 0.6 is 0 Å². The monoisotopic (exact) mass is 297 g/mol. The van der Waals surface area contributed by atoms with Gasteiger partial charge in [-0.25, -0.2) is 8.78 Å². The second kappa shape index (κ2) is 5.42. The highest BCUT2D eigenvalue weighted by Gasteiger charge is 2.44. The predicted molar refractivity (Wildman–Crippen MR) is 71.6 cm³/mol. The molecule has 114 valence electrons. The quantitative estimate of drug-likeness (QED) is 0.876. The molecule has 1 aromatic carbocycles. The van der Waals surface area contributed by atoms with Crippen LogP contribution in [0.1, 0.15) is 31.7 Å². The molecule has 0 radical (unpaired) electrons. The number of carbonyl (C=O) groups is 2. The number of carboxylic acids is 1. The highest BCUT2D eigenvalue weighted by molar-refractivity contribution is 5.83. The molecule has 1 aliphatic rings. The first kappa shape index (κ1) is 15.4. The van der Waals surface area contributed by atoms with Gasteiger partial charge in [-0.05, 0) is 43.9 Å². The molecule has 6 heteroatoms. The summed E-state index contributed by atoms with van der Waals surface area (Å²) >= 11 is 0. The number of aliphatic carboxylic acids is 1. The van der Waals surface area contributed by atoms with Crippen molar-refractivity contribution in [1.29, 1.82) is 0 Å². The molecule has 1 amide bonds. The molecule has 2 rings (SSSR count). The Morgan fingerprint density at radius 1 is 1.33 bits per heavy atom. The second-order valence-electron chi connectivity index (χ2n) is 6.03. The first-order valence-electron chi connectivity index (χ1n) is 6.68. The summed E-state index contributed by atoms with van der Waals surface area (Å²) in [5, 5.41) is 11.6. The molecule has 2 atom stereocenters. The van der Waals surface area contributed by atoms with Gasteiger partial charge in [0.1, 0.15) is 0 Å². The summed E-state index contributed by atoms with van der Waals surface area (Å²) in [6.07, 6.45) is 0.560. The topological polar surface area (TPSA) is 66.4 Å². The minimum absolute atomic E-state index is 0.0299. The van der Waals surface area contributed by atoms with Crippen LogP contribution in [0.5, 0.6) is 0 Å². The third-order valence-electron chi connectivity index (χ3n) is 3.78. The van der Waals surface area contributed by atoms with Crippen molar-refractivity contribution in [2.24, 2.45) is 11.3 Å². The lowest BCUT2D eigenvalue weighted by atomic mass is 9.94. The fourth-order valence-corrected chi connectivity index (χ4v) is 2.11. The standard InChI is InChI=1S/C15H17F2NO3/c1-15(2,14(20)21)7-18-13(19)10-6-9(10)8-3-4-11(16)12(17)5-8/h3-5,9-10H,6-7H2,1-2H3,(H,18,19)(H,20,21)/t9-,10-/m0/s1. The maximum Gasteiger partial charge on any atom is 0.310 e. The van der Waals surface area contributed by atoms with E-state index >= 15 is 0 Å². The molecule has 21 heavy (non-hydrogen) atoms. The molecule has 0 bridgehead atoms. The van der Waals surface area contributed by atoms with E-state index < -0.39 is 23.0 Å². The third kappa shape index (κ3) is 3.37. The van der Waals surface area contributed by atoms with E-state index in [9.17, 15) is 18.4 Å². The zero-order valence-corrected chi connectivity index (χ0v) is 11.8. The highest BCUT2D eigenvalue weighted by Crippen LogP contribution is 2.47. The van der Waals surface area contributed by atoms with E-state index in [2.05, 4.69) is 5.32 Å². The Bertz CT molecular complexity index is 586. The number of carbonyl (C=O) groups excluding carboxylic acids is 1. The Kier molecular flexibility index (Phi) is 3.98. The van der Waals surface area contributed by atoms with Crippen LogP contribution in [0, 0.1) is 23.0 Å². The molecule has 1 fully saturated rings. The maximum absolute atomic E-state index is 13.1. The lowest BCUT2D eigenvalue weighted by molar-refractivity contribution is -0.146. The summed E-state index contributed by atoms with van der Waals surface area (Å²) < 4.78 is 26.0. The number of rotatable bonds is 5. The van der Waals surface area contributed by atoms with Crippen LogP contribution in [0.2, 0.25) is 0 Å². The highest BCUT2D eigenvalue weighted by atomic mass is 19.2. The molecule has 0 aliphatic heterocycles. The molecule has 0 saturated heterocycles. The molecular weight excluding hydrogens is 280 g/mol. The molecular formula is C15H17F2NO3. The number of hydrogen-bond donors (Lipinski definition) is 2. The zero-order valence-electron chi connectivity index (χ0n) is 11.8. The van der Waals surface area contributed by atoms with Crippen LogP contribution in [0.4, 0.5) is 8.78 Å². The molecule has 0 heterocycles. The summed E-state index contributed by atoms with van der Waals surface area (Å²) in [4.78, 5) is 22.9. The van der Waals surface area contributed by atoms with Crippen molar-refractivity contribution in [3.8, 4) is 0 Å². The van der Waals surface area contributed by atoms with Gasteiger partial charge in [0.15, 0.2) is 11.6 Å². The van der Waals surface area contributed by atoms with E-state index in [-0.39, 0.29) is 24.3 Å². The SMILES string of the molecule is CC(C)(CNC(=O)[C@H]1C[C@H]1c1ccc(F)c(F)c1)C(=O)O. The van der Waals surface area contributed by atoms with Crippen molar-refractivity contribution in [1.82, 2.24) is 5.32 Å². The van der Waals surface area contributed by atoms with Crippen LogP contribution in [-0.4, -0.2) is 23.5 Å². The summed E-state index contributed by atoms with van der Waals surface area (Å²) in [5.74, 6) is -3.52. The summed E-state index contributed by atoms with van der Waals surface area (Å²) in [7, 11) is 0. The Labute approximate surface area is 121 Å². The van der Waals surface area contributed by atoms with Gasteiger partial charge in [-0.1, -0.05) is 6.07 Å². The van der Waals surface area contributed by atoms with Crippen LogP contribution in [0.25, 0.3) is 0 Å². The molecule has 0 unspecified atom stereocenters. The molecule has 4 nitrogen and oxygen atoms in total. The van der Waals surface area contributed by atoms with Gasteiger partial charge in [0.05, 0.1) is 5.41 Å². The van der Waals surface area contributed by atoms with Gasteiger partial charge in [-0.3, -0.25) is 9.59 Å². The largest absolute Gasteiger partial charge is 0.481 e. The molecule has 0 aromatic heterocycles. The number of nitrogens with one attached hydrogen (secondary N) is 1.